The Morgan fingerprint density at radius 1 is 1.23 bits per heavy atom. The number of halogens is 7. The van der Waals surface area contributed by atoms with Gasteiger partial charge in [0.05, 0.1) is 40.5 Å². The summed E-state index contributed by atoms with van der Waals surface area (Å²) in [6, 6.07) is 7.25. The van der Waals surface area contributed by atoms with Crippen LogP contribution in [0.5, 0.6) is 0 Å². The van der Waals surface area contributed by atoms with E-state index < -0.39 is 45.3 Å². The Morgan fingerprint density at radius 2 is 1.86 bits per heavy atom. The number of carbonyl (C=O) groups is 1. The number of nitrogens with zero attached hydrogens (tertiary/aromatic N) is 3. The first kappa shape index (κ1) is 25.2. The Bertz CT molecular complexity index is 1260. The van der Waals surface area contributed by atoms with E-state index in [9.17, 15) is 27.6 Å². The lowest BCUT2D eigenvalue weighted by atomic mass is 9.82. The minimum Gasteiger partial charge on any atom is -0.374 e. The molecule has 4 rings (SSSR count). The summed E-state index contributed by atoms with van der Waals surface area (Å²) < 4.78 is 71.7. The smallest absolute Gasteiger partial charge is 0.374 e. The van der Waals surface area contributed by atoms with E-state index in [-0.39, 0.29) is 47.8 Å². The highest BCUT2D eigenvalue weighted by atomic mass is 35.5. The van der Waals surface area contributed by atoms with Crippen LogP contribution in [0.25, 0.3) is 0 Å². The molecule has 0 saturated carbocycles. The van der Waals surface area contributed by atoms with Crippen molar-refractivity contribution in [3.63, 3.8) is 0 Å². The third kappa shape index (κ3) is 4.10. The van der Waals surface area contributed by atoms with E-state index in [1.54, 1.807) is 6.92 Å². The van der Waals surface area contributed by atoms with Gasteiger partial charge in [-0.05, 0) is 18.2 Å². The van der Waals surface area contributed by atoms with Crippen molar-refractivity contribution in [1.29, 1.82) is 5.26 Å². The van der Waals surface area contributed by atoms with Crippen LogP contribution >= 0.6 is 23.2 Å². The normalized spacial score (nSPS) is 21.1. The average molecular weight is 532 g/mol. The molecule has 1 atom stereocenters. The highest BCUT2D eigenvalue weighted by molar-refractivity contribution is 6.35. The zero-order chi connectivity index (χ0) is 25.8. The summed E-state index contributed by atoms with van der Waals surface area (Å²) in [6.45, 7) is 1.21. The molecule has 2 aromatic rings. The molecular formula is C23H16Cl2F5N3O2. The van der Waals surface area contributed by atoms with E-state index in [2.05, 4.69) is 5.16 Å². The lowest BCUT2D eigenvalue weighted by Crippen LogP contribution is -2.59. The Labute approximate surface area is 206 Å². The predicted octanol–water partition coefficient (Wildman–Crippen LogP) is 6.00. The number of oxime groups is 1. The fourth-order valence-corrected chi connectivity index (χ4v) is 4.67. The maximum atomic E-state index is 15.3. The predicted molar refractivity (Wildman–Crippen MR) is 117 cm³/mol. The molecule has 1 amide bonds. The van der Waals surface area contributed by atoms with E-state index in [1.165, 1.54) is 23.1 Å². The monoisotopic (exact) mass is 531 g/mol. The van der Waals surface area contributed by atoms with E-state index in [4.69, 9.17) is 28.0 Å². The van der Waals surface area contributed by atoms with Crippen molar-refractivity contribution in [2.75, 3.05) is 13.1 Å². The zero-order valence-electron chi connectivity index (χ0n) is 18.0. The van der Waals surface area contributed by atoms with Crippen LogP contribution in [-0.2, 0) is 20.9 Å². The summed E-state index contributed by atoms with van der Waals surface area (Å²) in [6.07, 6.45) is -5.60. The second-order valence-electron chi connectivity index (χ2n) is 8.33. The molecule has 1 fully saturated rings. The van der Waals surface area contributed by atoms with Gasteiger partial charge in [-0.1, -0.05) is 47.4 Å². The van der Waals surface area contributed by atoms with Crippen molar-refractivity contribution in [2.24, 2.45) is 5.16 Å². The first-order valence-corrected chi connectivity index (χ1v) is 11.1. The molecule has 2 heterocycles. The van der Waals surface area contributed by atoms with Crippen molar-refractivity contribution in [3.8, 4) is 6.07 Å². The van der Waals surface area contributed by atoms with Crippen LogP contribution in [0.3, 0.4) is 0 Å². The standard InChI is InChI=1S/C23H16Cl2F5N3O2/c1-2-19(34)33-10-21(27,11-33)15-4-3-12(5-13(15)9-31)18-8-22(35-32-18,23(28,29)30)14-6-16(24)20(26)17(25)7-14/h3-7H,2,8,10-11H2,1H3. The second kappa shape index (κ2) is 8.64. The molecule has 2 aliphatic rings. The Kier molecular flexibility index (Phi) is 6.22. The quantitative estimate of drug-likeness (QED) is 0.358. The number of rotatable bonds is 4. The summed E-state index contributed by atoms with van der Waals surface area (Å²) in [5, 5.41) is 11.9. The third-order valence-electron chi connectivity index (χ3n) is 6.13. The van der Waals surface area contributed by atoms with Crippen molar-refractivity contribution in [2.45, 2.75) is 37.2 Å². The summed E-state index contributed by atoms with van der Waals surface area (Å²) in [7, 11) is 0. The molecule has 1 unspecified atom stereocenters. The van der Waals surface area contributed by atoms with Gasteiger partial charge in [-0.3, -0.25) is 4.79 Å². The highest BCUT2D eigenvalue weighted by Gasteiger charge is 2.62. The van der Waals surface area contributed by atoms with Gasteiger partial charge in [0.15, 0.2) is 11.5 Å². The molecule has 0 radical (unpaired) electrons. The molecule has 35 heavy (non-hydrogen) atoms. The molecule has 0 bridgehead atoms. The van der Waals surface area contributed by atoms with Gasteiger partial charge in [-0.15, -0.1) is 0 Å². The van der Waals surface area contributed by atoms with Crippen molar-refractivity contribution in [1.82, 2.24) is 4.90 Å². The van der Waals surface area contributed by atoms with E-state index in [0.717, 1.165) is 12.1 Å². The van der Waals surface area contributed by atoms with Gasteiger partial charge >= 0.3 is 6.18 Å². The summed E-state index contributed by atoms with van der Waals surface area (Å²) in [4.78, 5) is 18.0. The van der Waals surface area contributed by atoms with Gasteiger partial charge in [0.25, 0.3) is 5.60 Å². The van der Waals surface area contributed by atoms with Gasteiger partial charge in [-0.2, -0.15) is 18.4 Å². The van der Waals surface area contributed by atoms with Crippen molar-refractivity contribution in [3.05, 3.63) is 68.4 Å². The first-order chi connectivity index (χ1) is 16.3. The molecule has 0 aliphatic carbocycles. The molecule has 12 heteroatoms. The molecule has 5 nitrogen and oxygen atoms in total. The molecule has 184 valence electrons. The van der Waals surface area contributed by atoms with Crippen LogP contribution in [-0.4, -0.2) is 35.8 Å². The number of carbonyl (C=O) groups excluding carboxylic acids is 1. The van der Waals surface area contributed by atoms with Gasteiger partial charge in [0.2, 0.25) is 5.91 Å². The Balaban J connectivity index is 1.66. The van der Waals surface area contributed by atoms with Crippen LogP contribution in [0, 0.1) is 17.1 Å². The number of benzene rings is 2. The fraction of sp³-hybridized carbons (Fsp3) is 0.348. The summed E-state index contributed by atoms with van der Waals surface area (Å²) in [5.41, 5.74) is -5.61. The van der Waals surface area contributed by atoms with Crippen LogP contribution < -0.4 is 0 Å². The number of likely N-dealkylation sites (tertiary alicyclic amines) is 1. The van der Waals surface area contributed by atoms with Crippen molar-refractivity contribution < 1.29 is 31.6 Å². The Morgan fingerprint density at radius 3 is 2.40 bits per heavy atom. The Hall–Kier alpha value is -2.90. The molecule has 1 saturated heterocycles. The van der Waals surface area contributed by atoms with Gasteiger partial charge < -0.3 is 9.74 Å². The van der Waals surface area contributed by atoms with Gasteiger partial charge in [0.1, 0.15) is 0 Å². The molecule has 2 aliphatic heterocycles. The number of hydrogen-bond donors (Lipinski definition) is 0. The fourth-order valence-electron chi connectivity index (χ4n) is 4.18. The lowest BCUT2D eigenvalue weighted by molar-refractivity contribution is -0.275. The van der Waals surface area contributed by atoms with Crippen LogP contribution in [0.4, 0.5) is 22.0 Å². The number of nitriles is 1. The van der Waals surface area contributed by atoms with Crippen LogP contribution in [0.2, 0.25) is 10.0 Å². The first-order valence-electron chi connectivity index (χ1n) is 10.3. The number of hydrogen-bond acceptors (Lipinski definition) is 4. The third-order valence-corrected chi connectivity index (χ3v) is 6.68. The summed E-state index contributed by atoms with van der Waals surface area (Å²) >= 11 is 11.4. The molecule has 0 N–H and O–H groups in total. The van der Waals surface area contributed by atoms with Gasteiger partial charge in [-0.25, -0.2) is 8.78 Å². The second-order valence-corrected chi connectivity index (χ2v) is 9.14. The largest absolute Gasteiger partial charge is 0.435 e. The van der Waals surface area contributed by atoms with E-state index in [1.807, 2.05) is 6.07 Å². The lowest BCUT2D eigenvalue weighted by Gasteiger charge is -2.45. The minimum absolute atomic E-state index is 0.0302. The molecule has 0 spiro atoms. The number of alkyl halides is 4. The van der Waals surface area contributed by atoms with Gasteiger partial charge in [0, 0.05) is 29.5 Å². The molecular weight excluding hydrogens is 516 g/mol. The van der Waals surface area contributed by atoms with Crippen LogP contribution in [0.1, 0.15) is 42.0 Å². The summed E-state index contributed by atoms with van der Waals surface area (Å²) in [5.74, 6) is -1.30. The molecule has 0 aromatic heterocycles. The highest BCUT2D eigenvalue weighted by Crippen LogP contribution is 2.50. The number of amides is 1. The minimum atomic E-state index is -5.00. The SMILES string of the molecule is CCC(=O)N1CC(F)(c2ccc(C3=NOC(c4cc(Cl)c(F)c(Cl)c4)(C(F)(F)F)C3)cc2C#N)C1. The van der Waals surface area contributed by atoms with Crippen molar-refractivity contribution >= 4 is 34.8 Å². The van der Waals surface area contributed by atoms with E-state index in [0.29, 0.717) is 0 Å². The maximum Gasteiger partial charge on any atom is 0.435 e. The average Bonchev–Trinajstić information content (AvgIpc) is 3.26. The topological polar surface area (TPSA) is 65.7 Å². The maximum absolute atomic E-state index is 15.3. The zero-order valence-corrected chi connectivity index (χ0v) is 19.5. The van der Waals surface area contributed by atoms with Crippen LogP contribution in [0.15, 0.2) is 35.5 Å². The molecule has 2 aromatic carbocycles. The van der Waals surface area contributed by atoms with E-state index >= 15 is 4.39 Å².